The minimum atomic E-state index is -0.238. The summed E-state index contributed by atoms with van der Waals surface area (Å²) in [6.45, 7) is 2.37. The molecule has 136 valence electrons. The number of nitrogens with zero attached hydrogens (tertiary/aromatic N) is 2. The Hall–Kier alpha value is -2.03. The molecule has 0 unspecified atom stereocenters. The third-order valence-corrected chi connectivity index (χ3v) is 5.72. The van der Waals surface area contributed by atoms with E-state index >= 15 is 0 Å². The second-order valence-corrected chi connectivity index (χ2v) is 7.56. The van der Waals surface area contributed by atoms with Crippen molar-refractivity contribution in [1.82, 2.24) is 9.55 Å². The van der Waals surface area contributed by atoms with Gasteiger partial charge in [0, 0.05) is 11.6 Å². The molecule has 0 radical (unpaired) electrons. The number of benzene rings is 1. The smallest absolute Gasteiger partial charge is 0.272 e. The number of halogens is 1. The predicted octanol–water partition coefficient (Wildman–Crippen LogP) is 3.87. The maximum Gasteiger partial charge on any atom is 0.272 e. The van der Waals surface area contributed by atoms with Crippen LogP contribution in [0.5, 0.6) is 5.75 Å². The van der Waals surface area contributed by atoms with Gasteiger partial charge in [0.2, 0.25) is 5.91 Å². The molecular weight excluding hydrogens is 394 g/mol. The Morgan fingerprint density at radius 1 is 1.42 bits per heavy atom. The predicted molar refractivity (Wildman–Crippen MR) is 107 cm³/mol. The van der Waals surface area contributed by atoms with Crippen molar-refractivity contribution in [3.05, 3.63) is 45.0 Å². The molecule has 26 heavy (non-hydrogen) atoms. The average molecular weight is 410 g/mol. The molecule has 1 N–H and O–H groups in total. The number of aromatic nitrogens is 2. The Labute approximate surface area is 163 Å². The van der Waals surface area contributed by atoms with Crippen molar-refractivity contribution in [2.24, 2.45) is 0 Å². The van der Waals surface area contributed by atoms with Crippen LogP contribution in [0.25, 0.3) is 10.2 Å². The van der Waals surface area contributed by atoms with Crippen LogP contribution in [0.1, 0.15) is 6.92 Å². The van der Waals surface area contributed by atoms with E-state index < -0.39 is 0 Å². The minimum absolute atomic E-state index is 0.0769. The Morgan fingerprint density at radius 3 is 2.96 bits per heavy atom. The highest BCUT2D eigenvalue weighted by molar-refractivity contribution is 7.99. The van der Waals surface area contributed by atoms with Crippen molar-refractivity contribution in [2.45, 2.75) is 18.6 Å². The van der Waals surface area contributed by atoms with Crippen LogP contribution in [-0.4, -0.2) is 28.3 Å². The summed E-state index contributed by atoms with van der Waals surface area (Å²) in [4.78, 5) is 29.3. The zero-order chi connectivity index (χ0) is 18.7. The van der Waals surface area contributed by atoms with Crippen molar-refractivity contribution in [3.8, 4) is 5.75 Å². The number of rotatable bonds is 6. The molecule has 6 nitrogen and oxygen atoms in total. The molecule has 2 aromatic heterocycles. The molecule has 0 spiro atoms. The summed E-state index contributed by atoms with van der Waals surface area (Å²) < 4.78 is 7.43. The van der Waals surface area contributed by atoms with Crippen LogP contribution in [0.4, 0.5) is 5.69 Å². The maximum atomic E-state index is 12.5. The van der Waals surface area contributed by atoms with Gasteiger partial charge in [-0.15, -0.1) is 11.3 Å². The first-order valence-corrected chi connectivity index (χ1v) is 10.0. The van der Waals surface area contributed by atoms with Crippen LogP contribution < -0.4 is 15.6 Å². The summed E-state index contributed by atoms with van der Waals surface area (Å²) in [5.74, 6) is 0.395. The van der Waals surface area contributed by atoms with E-state index in [0.717, 1.165) is 0 Å². The lowest BCUT2D eigenvalue weighted by atomic mass is 10.3. The lowest BCUT2D eigenvalue weighted by molar-refractivity contribution is -0.113. The number of thiophene rings is 1. The van der Waals surface area contributed by atoms with E-state index in [2.05, 4.69) is 10.3 Å². The molecule has 0 fully saturated rings. The number of fused-ring (bicyclic) bond motifs is 1. The first kappa shape index (κ1) is 18.8. The summed E-state index contributed by atoms with van der Waals surface area (Å²) in [7, 11) is 1.52. The first-order valence-electron chi connectivity index (χ1n) is 7.77. The lowest BCUT2D eigenvalue weighted by Gasteiger charge is -2.12. The Balaban J connectivity index is 1.77. The average Bonchev–Trinajstić information content (AvgIpc) is 3.09. The van der Waals surface area contributed by atoms with Crippen molar-refractivity contribution in [1.29, 1.82) is 0 Å². The number of ether oxygens (including phenoxy) is 1. The van der Waals surface area contributed by atoms with E-state index in [-0.39, 0.29) is 17.2 Å². The molecule has 1 aromatic carbocycles. The van der Waals surface area contributed by atoms with Gasteiger partial charge in [-0.1, -0.05) is 23.4 Å². The Bertz CT molecular complexity index is 1020. The molecule has 0 bridgehead atoms. The highest BCUT2D eigenvalue weighted by Crippen LogP contribution is 2.28. The number of amides is 1. The number of methoxy groups -OCH3 is 1. The van der Waals surface area contributed by atoms with E-state index in [1.807, 2.05) is 18.4 Å². The number of thioether (sulfide) groups is 1. The van der Waals surface area contributed by atoms with E-state index in [4.69, 9.17) is 16.3 Å². The first-order chi connectivity index (χ1) is 12.5. The number of carbonyl (C=O) groups is 1. The third-order valence-electron chi connectivity index (χ3n) is 3.62. The number of nitrogens with one attached hydrogen (secondary N) is 1. The monoisotopic (exact) mass is 409 g/mol. The molecule has 0 saturated heterocycles. The number of carbonyl (C=O) groups excluding carboxylic acids is 1. The van der Waals surface area contributed by atoms with Gasteiger partial charge < -0.3 is 10.1 Å². The molecule has 0 aliphatic heterocycles. The quantitative estimate of drug-likeness (QED) is 0.494. The van der Waals surface area contributed by atoms with Crippen LogP contribution in [0.3, 0.4) is 0 Å². The van der Waals surface area contributed by atoms with Crippen LogP contribution >= 0.6 is 34.7 Å². The summed E-state index contributed by atoms with van der Waals surface area (Å²) in [6, 6.07) is 6.81. The SMILES string of the molecule is CCn1c(SCC(=O)Nc2cc(Cl)ccc2OC)nc2ccsc2c1=O. The Kier molecular flexibility index (Phi) is 5.85. The van der Waals surface area contributed by atoms with E-state index in [9.17, 15) is 9.59 Å². The topological polar surface area (TPSA) is 73.2 Å². The maximum absolute atomic E-state index is 12.5. The highest BCUT2D eigenvalue weighted by Gasteiger charge is 2.14. The molecule has 2 heterocycles. The van der Waals surface area contributed by atoms with Gasteiger partial charge in [0.15, 0.2) is 5.16 Å². The third kappa shape index (κ3) is 3.87. The van der Waals surface area contributed by atoms with Gasteiger partial charge in [0.25, 0.3) is 5.56 Å². The molecule has 0 atom stereocenters. The van der Waals surface area contributed by atoms with Gasteiger partial charge in [-0.2, -0.15) is 0 Å². The number of hydrogen-bond acceptors (Lipinski definition) is 6. The Morgan fingerprint density at radius 2 is 2.23 bits per heavy atom. The van der Waals surface area contributed by atoms with Gasteiger partial charge in [0.05, 0.1) is 24.1 Å². The zero-order valence-electron chi connectivity index (χ0n) is 14.1. The summed E-state index contributed by atoms with van der Waals surface area (Å²) in [5, 5.41) is 5.64. The fourth-order valence-electron chi connectivity index (χ4n) is 2.41. The normalized spacial score (nSPS) is 10.9. The summed E-state index contributed by atoms with van der Waals surface area (Å²) in [5.41, 5.74) is 1.08. The zero-order valence-corrected chi connectivity index (χ0v) is 16.5. The van der Waals surface area contributed by atoms with Gasteiger partial charge >= 0.3 is 0 Å². The fraction of sp³-hybridized carbons (Fsp3) is 0.235. The van der Waals surface area contributed by atoms with Crippen molar-refractivity contribution < 1.29 is 9.53 Å². The second-order valence-electron chi connectivity index (χ2n) is 5.26. The van der Waals surface area contributed by atoms with E-state index in [1.54, 1.807) is 22.8 Å². The van der Waals surface area contributed by atoms with E-state index in [0.29, 0.717) is 38.4 Å². The molecule has 3 aromatic rings. The highest BCUT2D eigenvalue weighted by atomic mass is 35.5. The molecule has 3 rings (SSSR count). The van der Waals surface area contributed by atoms with E-state index in [1.165, 1.54) is 30.2 Å². The lowest BCUT2D eigenvalue weighted by Crippen LogP contribution is -2.22. The van der Waals surface area contributed by atoms with Gasteiger partial charge in [-0.05, 0) is 36.6 Å². The molecule has 1 amide bonds. The van der Waals surface area contributed by atoms with Crippen LogP contribution in [-0.2, 0) is 11.3 Å². The van der Waals surface area contributed by atoms with Gasteiger partial charge in [-0.3, -0.25) is 14.2 Å². The summed E-state index contributed by atoms with van der Waals surface area (Å²) in [6.07, 6.45) is 0. The van der Waals surface area contributed by atoms with Crippen molar-refractivity contribution >= 4 is 56.5 Å². The van der Waals surface area contributed by atoms with Crippen LogP contribution in [0.15, 0.2) is 39.6 Å². The van der Waals surface area contributed by atoms with Crippen molar-refractivity contribution in [3.63, 3.8) is 0 Å². The molecule has 9 heteroatoms. The molecule has 0 aliphatic rings. The van der Waals surface area contributed by atoms with Crippen molar-refractivity contribution in [2.75, 3.05) is 18.2 Å². The second kappa shape index (κ2) is 8.11. The number of hydrogen-bond donors (Lipinski definition) is 1. The van der Waals surface area contributed by atoms with Crippen LogP contribution in [0, 0.1) is 0 Å². The van der Waals surface area contributed by atoms with Gasteiger partial charge in [0.1, 0.15) is 10.4 Å². The standard InChI is InChI=1S/C17H16ClN3O3S2/c1-3-21-16(23)15-11(6-7-25-15)20-17(21)26-9-14(22)19-12-8-10(18)4-5-13(12)24-2/h4-8H,3,9H2,1-2H3,(H,19,22). The largest absolute Gasteiger partial charge is 0.495 e. The van der Waals surface area contributed by atoms with Gasteiger partial charge in [-0.25, -0.2) is 4.98 Å². The molecule has 0 saturated carbocycles. The minimum Gasteiger partial charge on any atom is -0.495 e. The van der Waals surface area contributed by atoms with Crippen LogP contribution in [0.2, 0.25) is 5.02 Å². The molecular formula is C17H16ClN3O3S2. The fourth-order valence-corrected chi connectivity index (χ4v) is 4.22. The number of anilines is 1. The summed E-state index contributed by atoms with van der Waals surface area (Å²) >= 11 is 8.57. The molecule has 0 aliphatic carbocycles.